The van der Waals surface area contributed by atoms with Crippen LogP contribution in [0.15, 0.2) is 48.5 Å². The van der Waals surface area contributed by atoms with Crippen LogP contribution in [0.1, 0.15) is 31.9 Å². The number of hydrogen-bond donors (Lipinski definition) is 2. The Kier molecular flexibility index (Phi) is 8.00. The molecule has 0 fully saturated rings. The molecule has 0 radical (unpaired) electrons. The number of rotatable bonds is 5. The number of anilines is 1. The van der Waals surface area contributed by atoms with Gasteiger partial charge in [-0.15, -0.1) is 0 Å². The van der Waals surface area contributed by atoms with Crippen molar-refractivity contribution in [2.75, 3.05) is 19.0 Å². The molecule has 1 atom stereocenters. The zero-order valence-corrected chi connectivity index (χ0v) is 13.5. The van der Waals surface area contributed by atoms with E-state index in [0.29, 0.717) is 0 Å². The molecule has 0 bridgehead atoms. The lowest BCUT2D eigenvalue weighted by atomic mass is 10.1. The fourth-order valence-corrected chi connectivity index (χ4v) is 1.76. The molecular formula is C18H25FN2O. The molecule has 0 amide bonds. The summed E-state index contributed by atoms with van der Waals surface area (Å²) >= 11 is 0. The number of ether oxygens (including phenoxy) is 1. The van der Waals surface area contributed by atoms with Crippen molar-refractivity contribution < 1.29 is 9.13 Å². The van der Waals surface area contributed by atoms with Crippen LogP contribution in [0, 0.1) is 5.82 Å². The number of nitrogens with two attached hydrogens (primary N) is 1. The first-order valence-electron chi connectivity index (χ1n) is 7.45. The molecule has 3 nitrogen and oxygen atoms in total. The molecule has 0 saturated carbocycles. The largest absolute Gasteiger partial charge is 0.497 e. The van der Waals surface area contributed by atoms with Crippen molar-refractivity contribution in [2.45, 2.75) is 26.3 Å². The van der Waals surface area contributed by atoms with Crippen molar-refractivity contribution in [2.24, 2.45) is 5.73 Å². The van der Waals surface area contributed by atoms with Crippen LogP contribution in [-0.2, 0) is 0 Å². The van der Waals surface area contributed by atoms with Crippen LogP contribution < -0.4 is 15.8 Å². The third-order valence-corrected chi connectivity index (χ3v) is 3.04. The average Bonchev–Trinajstić information content (AvgIpc) is 2.55. The zero-order valence-electron chi connectivity index (χ0n) is 13.5. The lowest BCUT2D eigenvalue weighted by Gasteiger charge is -2.06. The highest BCUT2D eigenvalue weighted by Crippen LogP contribution is 2.16. The van der Waals surface area contributed by atoms with Gasteiger partial charge in [0.15, 0.2) is 0 Å². The molecular weight excluding hydrogens is 279 g/mol. The normalized spacial score (nSPS) is 11.1. The summed E-state index contributed by atoms with van der Waals surface area (Å²) in [5, 5.41) is 3.15. The van der Waals surface area contributed by atoms with Crippen LogP contribution in [0.2, 0.25) is 0 Å². The Bertz CT molecular complexity index is 541. The monoisotopic (exact) mass is 304 g/mol. The number of halogens is 1. The van der Waals surface area contributed by atoms with Crippen molar-refractivity contribution in [1.29, 1.82) is 0 Å². The smallest absolute Gasteiger partial charge is 0.123 e. The van der Waals surface area contributed by atoms with E-state index in [9.17, 15) is 4.39 Å². The second-order valence-electron chi connectivity index (χ2n) is 5.00. The lowest BCUT2D eigenvalue weighted by Crippen LogP contribution is -2.04. The minimum atomic E-state index is -0.188. The summed E-state index contributed by atoms with van der Waals surface area (Å²) in [7, 11) is 1.65. The van der Waals surface area contributed by atoms with Gasteiger partial charge in [-0.1, -0.05) is 19.1 Å². The van der Waals surface area contributed by atoms with Gasteiger partial charge in [0.05, 0.1) is 7.11 Å². The van der Waals surface area contributed by atoms with Crippen LogP contribution in [0.3, 0.4) is 0 Å². The highest BCUT2D eigenvalue weighted by atomic mass is 19.1. The maximum atomic E-state index is 12.4. The molecule has 4 heteroatoms. The highest BCUT2D eigenvalue weighted by Gasteiger charge is 1.98. The third kappa shape index (κ3) is 6.59. The molecule has 0 aliphatic heterocycles. The maximum Gasteiger partial charge on any atom is 0.123 e. The summed E-state index contributed by atoms with van der Waals surface area (Å²) in [5.74, 6) is 0.673. The van der Waals surface area contributed by atoms with E-state index in [1.54, 1.807) is 19.2 Å². The minimum absolute atomic E-state index is 0.0742. The van der Waals surface area contributed by atoms with Gasteiger partial charge < -0.3 is 15.8 Å². The fourth-order valence-electron chi connectivity index (χ4n) is 1.76. The highest BCUT2D eigenvalue weighted by molar-refractivity contribution is 5.42. The van der Waals surface area contributed by atoms with E-state index in [2.05, 4.69) is 12.2 Å². The van der Waals surface area contributed by atoms with Gasteiger partial charge in [-0.3, -0.25) is 0 Å². The molecule has 0 aliphatic carbocycles. The van der Waals surface area contributed by atoms with Crippen molar-refractivity contribution in [3.8, 4) is 5.75 Å². The second-order valence-corrected chi connectivity index (χ2v) is 5.00. The molecule has 0 heterocycles. The second kappa shape index (κ2) is 9.79. The Balaban J connectivity index is 0.000000220. The lowest BCUT2D eigenvalue weighted by molar-refractivity contribution is 0.414. The van der Waals surface area contributed by atoms with Gasteiger partial charge >= 0.3 is 0 Å². The molecule has 22 heavy (non-hydrogen) atoms. The van der Waals surface area contributed by atoms with Gasteiger partial charge in [-0.2, -0.15) is 0 Å². The van der Waals surface area contributed by atoms with Gasteiger partial charge in [0.2, 0.25) is 0 Å². The van der Waals surface area contributed by atoms with Crippen molar-refractivity contribution in [3.63, 3.8) is 0 Å². The third-order valence-electron chi connectivity index (χ3n) is 3.04. The fraction of sp³-hybridized carbons (Fsp3) is 0.333. The minimum Gasteiger partial charge on any atom is -0.497 e. The number of hydrogen-bond acceptors (Lipinski definition) is 3. The van der Waals surface area contributed by atoms with E-state index >= 15 is 0 Å². The summed E-state index contributed by atoms with van der Waals surface area (Å²) in [5.41, 5.74) is 7.76. The van der Waals surface area contributed by atoms with Crippen LogP contribution >= 0.6 is 0 Å². The summed E-state index contributed by atoms with van der Waals surface area (Å²) in [6, 6.07) is 14.3. The number of nitrogens with one attached hydrogen (secondary N) is 1. The van der Waals surface area contributed by atoms with Gasteiger partial charge in [0.25, 0.3) is 0 Å². The first kappa shape index (κ1) is 18.0. The molecule has 120 valence electrons. The Morgan fingerprint density at radius 1 is 1.18 bits per heavy atom. The first-order valence-corrected chi connectivity index (χ1v) is 7.45. The van der Waals surface area contributed by atoms with E-state index in [0.717, 1.165) is 30.0 Å². The van der Waals surface area contributed by atoms with E-state index in [1.807, 2.05) is 31.2 Å². The molecule has 2 aromatic carbocycles. The molecule has 0 saturated heterocycles. The molecule has 2 aromatic rings. The van der Waals surface area contributed by atoms with Crippen molar-refractivity contribution in [1.82, 2.24) is 0 Å². The topological polar surface area (TPSA) is 47.3 Å². The SMILES string of the molecule is CCCNc1ccc(F)cc1.COc1cccc(C(C)N)c1. The van der Waals surface area contributed by atoms with Gasteiger partial charge in [0.1, 0.15) is 11.6 Å². The van der Waals surface area contributed by atoms with E-state index in [4.69, 9.17) is 10.5 Å². The molecule has 0 spiro atoms. The van der Waals surface area contributed by atoms with E-state index < -0.39 is 0 Å². The van der Waals surface area contributed by atoms with Crippen LogP contribution in [0.4, 0.5) is 10.1 Å². The summed E-state index contributed by atoms with van der Waals surface area (Å²) in [6.07, 6.45) is 1.08. The van der Waals surface area contributed by atoms with Gasteiger partial charge in [0, 0.05) is 18.3 Å². The zero-order chi connectivity index (χ0) is 16.4. The Morgan fingerprint density at radius 3 is 2.41 bits per heavy atom. The molecule has 3 N–H and O–H groups in total. The molecule has 1 unspecified atom stereocenters. The standard InChI is InChI=1S/C9H12FN.C9H13NO/c1-2-7-11-9-5-3-8(10)4-6-9;1-7(10)8-4-3-5-9(6-8)11-2/h3-6,11H,2,7H2,1H3;3-7H,10H2,1-2H3. The van der Waals surface area contributed by atoms with Crippen molar-refractivity contribution >= 4 is 5.69 Å². The summed E-state index contributed by atoms with van der Waals surface area (Å²) in [6.45, 7) is 4.98. The predicted molar refractivity (Wildman–Crippen MR) is 90.8 cm³/mol. The Labute approximate surface area is 132 Å². The average molecular weight is 304 g/mol. The van der Waals surface area contributed by atoms with Crippen LogP contribution in [0.25, 0.3) is 0 Å². The molecule has 0 aliphatic rings. The molecule has 0 aromatic heterocycles. The van der Waals surface area contributed by atoms with E-state index in [-0.39, 0.29) is 11.9 Å². The quantitative estimate of drug-likeness (QED) is 0.862. The Hall–Kier alpha value is -2.07. The van der Waals surface area contributed by atoms with Gasteiger partial charge in [-0.05, 0) is 55.3 Å². The molecule has 2 rings (SSSR count). The Morgan fingerprint density at radius 2 is 1.86 bits per heavy atom. The maximum absolute atomic E-state index is 12.4. The van der Waals surface area contributed by atoms with Gasteiger partial charge in [-0.25, -0.2) is 4.39 Å². The van der Waals surface area contributed by atoms with E-state index in [1.165, 1.54) is 12.1 Å². The first-order chi connectivity index (χ1) is 10.6. The van der Waals surface area contributed by atoms with Crippen LogP contribution in [-0.4, -0.2) is 13.7 Å². The summed E-state index contributed by atoms with van der Waals surface area (Å²) in [4.78, 5) is 0. The van der Waals surface area contributed by atoms with Crippen molar-refractivity contribution in [3.05, 3.63) is 59.9 Å². The number of benzene rings is 2. The summed E-state index contributed by atoms with van der Waals surface area (Å²) < 4.78 is 17.4. The number of methoxy groups -OCH3 is 1. The predicted octanol–water partition coefficient (Wildman–Crippen LogP) is 4.36. The van der Waals surface area contributed by atoms with Crippen LogP contribution in [0.5, 0.6) is 5.75 Å².